The molecule has 1 aromatic rings. The summed E-state index contributed by atoms with van der Waals surface area (Å²) in [6.45, 7) is 6.51. The van der Waals surface area contributed by atoms with Crippen molar-refractivity contribution in [3.8, 4) is 0 Å². The Morgan fingerprint density at radius 3 is 2.25 bits per heavy atom. The Labute approximate surface area is 206 Å². The van der Waals surface area contributed by atoms with Crippen LogP contribution in [0.25, 0.3) is 0 Å². The molecule has 0 spiro atoms. The standard InChI is InChI=1S/C24H36O4S4/c1-18-8-10-19(11-9-18)32(26,27)28-17-22-14-7-13-21(2,3)20(22)12-15-23(25,16-22)24(29-4,30-5)31-6/h8-12,15,20,25H,7,13-14,16-17H2,1-6H3/t20-,22+,23-/m0/s1. The molecular formula is C24H36O4S4. The number of thioether (sulfide) groups is 3. The minimum absolute atomic E-state index is 0.00773. The molecule has 2 aliphatic rings. The summed E-state index contributed by atoms with van der Waals surface area (Å²) < 4.78 is 31.3. The second-order valence-corrected chi connectivity index (χ2v) is 15.3. The van der Waals surface area contributed by atoms with E-state index >= 15 is 0 Å². The Kier molecular flexibility index (Phi) is 7.86. The summed E-state index contributed by atoms with van der Waals surface area (Å²) in [7, 11) is -3.88. The molecule has 180 valence electrons. The predicted molar refractivity (Wildman–Crippen MR) is 140 cm³/mol. The smallest absolute Gasteiger partial charge is 0.296 e. The first-order valence-electron chi connectivity index (χ1n) is 10.9. The number of benzene rings is 1. The molecule has 0 unspecified atom stereocenters. The molecule has 0 aliphatic heterocycles. The van der Waals surface area contributed by atoms with Gasteiger partial charge in [0.2, 0.25) is 0 Å². The SMILES string of the molecule is CSC(SC)(SC)[C@]1(O)C=C[C@H]2C(C)(C)CCC[C@]2(COS(=O)(=O)c2ccc(C)cc2)C1. The van der Waals surface area contributed by atoms with E-state index in [0.717, 1.165) is 24.8 Å². The molecule has 4 nitrogen and oxygen atoms in total. The van der Waals surface area contributed by atoms with Crippen LogP contribution in [0.1, 0.15) is 45.1 Å². The molecule has 8 heteroatoms. The summed E-state index contributed by atoms with van der Waals surface area (Å²) >= 11 is 4.94. The average molecular weight is 517 g/mol. The van der Waals surface area contributed by atoms with Gasteiger partial charge in [-0.1, -0.05) is 50.1 Å². The first-order chi connectivity index (χ1) is 14.9. The zero-order valence-electron chi connectivity index (χ0n) is 19.9. The summed E-state index contributed by atoms with van der Waals surface area (Å²) in [4.78, 5) is 0.180. The van der Waals surface area contributed by atoms with Crippen LogP contribution in [-0.2, 0) is 14.3 Å². The van der Waals surface area contributed by atoms with Gasteiger partial charge in [-0.05, 0) is 68.4 Å². The van der Waals surface area contributed by atoms with E-state index < -0.39 is 24.5 Å². The van der Waals surface area contributed by atoms with Gasteiger partial charge in [0.25, 0.3) is 10.1 Å². The van der Waals surface area contributed by atoms with Crippen molar-refractivity contribution in [1.29, 1.82) is 0 Å². The van der Waals surface area contributed by atoms with Crippen LogP contribution < -0.4 is 0 Å². The van der Waals surface area contributed by atoms with E-state index in [9.17, 15) is 13.5 Å². The van der Waals surface area contributed by atoms with Gasteiger partial charge in [0.05, 0.1) is 11.5 Å². The minimum Gasteiger partial charge on any atom is -0.382 e. The van der Waals surface area contributed by atoms with E-state index in [2.05, 4.69) is 19.9 Å². The molecule has 1 fully saturated rings. The van der Waals surface area contributed by atoms with E-state index in [-0.39, 0.29) is 22.8 Å². The lowest BCUT2D eigenvalue weighted by Gasteiger charge is -2.58. The fraction of sp³-hybridized carbons (Fsp3) is 0.667. The predicted octanol–water partition coefficient (Wildman–Crippen LogP) is 5.95. The highest BCUT2D eigenvalue weighted by atomic mass is 32.3. The van der Waals surface area contributed by atoms with E-state index in [1.54, 1.807) is 59.6 Å². The zero-order valence-corrected chi connectivity index (χ0v) is 23.1. The molecular weight excluding hydrogens is 481 g/mol. The van der Waals surface area contributed by atoms with Crippen molar-refractivity contribution in [3.05, 3.63) is 42.0 Å². The molecule has 1 saturated carbocycles. The molecule has 0 bridgehead atoms. The van der Waals surface area contributed by atoms with Crippen molar-refractivity contribution in [3.63, 3.8) is 0 Å². The summed E-state index contributed by atoms with van der Waals surface area (Å²) in [5.74, 6) is 0.139. The van der Waals surface area contributed by atoms with Crippen molar-refractivity contribution in [2.24, 2.45) is 16.7 Å². The molecule has 0 radical (unpaired) electrons. The third kappa shape index (κ3) is 4.69. The monoisotopic (exact) mass is 516 g/mol. The van der Waals surface area contributed by atoms with Gasteiger partial charge in [0, 0.05) is 5.41 Å². The summed E-state index contributed by atoms with van der Waals surface area (Å²) in [5, 5.41) is 12.0. The van der Waals surface area contributed by atoms with Gasteiger partial charge in [0.1, 0.15) is 9.01 Å². The quantitative estimate of drug-likeness (QED) is 0.260. The Morgan fingerprint density at radius 2 is 1.69 bits per heavy atom. The fourth-order valence-corrected chi connectivity index (χ4v) is 10.2. The summed E-state index contributed by atoms with van der Waals surface area (Å²) in [6, 6.07) is 6.77. The highest BCUT2D eigenvalue weighted by Crippen LogP contribution is 2.63. The van der Waals surface area contributed by atoms with Gasteiger partial charge in [-0.25, -0.2) is 0 Å². The van der Waals surface area contributed by atoms with Gasteiger partial charge in [0.15, 0.2) is 0 Å². The largest absolute Gasteiger partial charge is 0.382 e. The molecule has 1 N–H and O–H groups in total. The lowest BCUT2D eigenvalue weighted by Crippen LogP contribution is -2.58. The maximum absolute atomic E-state index is 13.0. The second kappa shape index (κ2) is 9.50. The van der Waals surface area contributed by atoms with E-state index in [1.807, 2.05) is 31.8 Å². The summed E-state index contributed by atoms with van der Waals surface area (Å²) in [6.07, 6.45) is 13.6. The number of aryl methyl sites for hydroxylation is 1. The zero-order chi connectivity index (χ0) is 23.8. The van der Waals surface area contributed by atoms with E-state index in [1.165, 1.54) is 0 Å². The van der Waals surface area contributed by atoms with Crippen molar-refractivity contribution >= 4 is 45.4 Å². The maximum atomic E-state index is 13.0. The van der Waals surface area contributed by atoms with Crippen molar-refractivity contribution in [2.75, 3.05) is 25.4 Å². The van der Waals surface area contributed by atoms with Crippen LogP contribution in [0.15, 0.2) is 41.3 Å². The van der Waals surface area contributed by atoms with Crippen LogP contribution in [0.5, 0.6) is 0 Å². The number of rotatable bonds is 8. The third-order valence-corrected chi connectivity index (χ3v) is 14.3. The van der Waals surface area contributed by atoms with Crippen LogP contribution in [-0.4, -0.2) is 47.9 Å². The molecule has 0 aromatic heterocycles. The topological polar surface area (TPSA) is 63.6 Å². The van der Waals surface area contributed by atoms with Gasteiger partial charge < -0.3 is 5.11 Å². The molecule has 0 heterocycles. The Morgan fingerprint density at radius 1 is 1.09 bits per heavy atom. The first-order valence-corrected chi connectivity index (χ1v) is 16.0. The van der Waals surface area contributed by atoms with Crippen LogP contribution in [0.2, 0.25) is 0 Å². The summed E-state index contributed by atoms with van der Waals surface area (Å²) in [5.41, 5.74) is -0.517. The van der Waals surface area contributed by atoms with Gasteiger partial charge in [-0.3, -0.25) is 4.18 Å². The Bertz CT molecular complexity index is 929. The molecule has 0 amide bonds. The van der Waals surface area contributed by atoms with Crippen molar-refractivity contribution in [2.45, 2.75) is 60.4 Å². The van der Waals surface area contributed by atoms with Crippen molar-refractivity contribution in [1.82, 2.24) is 0 Å². The normalized spacial score (nSPS) is 30.2. The van der Waals surface area contributed by atoms with Gasteiger partial charge in [-0.15, -0.1) is 35.3 Å². The Hall–Kier alpha value is -0.120. The number of fused-ring (bicyclic) bond motifs is 1. The lowest BCUT2D eigenvalue weighted by molar-refractivity contribution is -0.0766. The fourth-order valence-electron chi connectivity index (χ4n) is 5.72. The van der Waals surface area contributed by atoms with E-state index in [4.69, 9.17) is 4.18 Å². The van der Waals surface area contributed by atoms with Crippen LogP contribution in [0.4, 0.5) is 0 Å². The van der Waals surface area contributed by atoms with Crippen LogP contribution >= 0.6 is 35.3 Å². The third-order valence-electron chi connectivity index (χ3n) is 7.33. The average Bonchev–Trinajstić information content (AvgIpc) is 2.74. The lowest BCUT2D eigenvalue weighted by atomic mass is 9.51. The number of allylic oxidation sites excluding steroid dienone is 1. The van der Waals surface area contributed by atoms with Gasteiger partial charge in [-0.2, -0.15) is 8.42 Å². The van der Waals surface area contributed by atoms with E-state index in [0.29, 0.717) is 6.42 Å². The molecule has 0 saturated heterocycles. The molecule has 32 heavy (non-hydrogen) atoms. The second-order valence-electron chi connectivity index (χ2n) is 9.84. The van der Waals surface area contributed by atoms with Crippen LogP contribution in [0.3, 0.4) is 0 Å². The molecule has 2 aliphatic carbocycles. The number of hydrogen-bond acceptors (Lipinski definition) is 7. The highest BCUT2D eigenvalue weighted by Gasteiger charge is 2.59. The van der Waals surface area contributed by atoms with Crippen LogP contribution in [0, 0.1) is 23.7 Å². The number of hydrogen-bond donors (Lipinski definition) is 1. The molecule has 3 rings (SSSR count). The van der Waals surface area contributed by atoms with Gasteiger partial charge >= 0.3 is 0 Å². The Balaban J connectivity index is 1.99. The molecule has 3 atom stereocenters. The number of aliphatic hydroxyl groups is 1. The molecule has 1 aromatic carbocycles. The minimum atomic E-state index is -3.88. The van der Waals surface area contributed by atoms with Crippen molar-refractivity contribution < 1.29 is 17.7 Å². The maximum Gasteiger partial charge on any atom is 0.296 e. The highest BCUT2D eigenvalue weighted by molar-refractivity contribution is 8.33. The first kappa shape index (κ1) is 26.5.